The minimum absolute atomic E-state index is 0.484. The highest BCUT2D eigenvalue weighted by atomic mass is 19.1. The first-order valence-electron chi connectivity index (χ1n) is 8.44. The number of pyridine rings is 1. The van der Waals surface area contributed by atoms with Crippen LogP contribution in [-0.2, 0) is 0 Å². The third kappa shape index (κ3) is 2.29. The van der Waals surface area contributed by atoms with Crippen molar-refractivity contribution in [2.24, 2.45) is 0 Å². The average molecular weight is 339 g/mol. The second kappa shape index (κ2) is 5.81. The first-order valence-corrected chi connectivity index (χ1v) is 8.44. The number of nitrogens with zero attached hydrogens (tertiary/aromatic N) is 1. The van der Waals surface area contributed by atoms with Crippen molar-refractivity contribution in [2.45, 2.75) is 0 Å². The van der Waals surface area contributed by atoms with Crippen molar-refractivity contribution in [1.82, 2.24) is 4.98 Å². The van der Waals surface area contributed by atoms with E-state index in [2.05, 4.69) is 4.98 Å². The first-order chi connectivity index (χ1) is 12.8. The van der Waals surface area contributed by atoms with Gasteiger partial charge in [-0.2, -0.15) is 4.39 Å². The van der Waals surface area contributed by atoms with Crippen LogP contribution in [0.2, 0.25) is 0 Å². The molecule has 3 heteroatoms. The molecule has 0 saturated carbocycles. The highest BCUT2D eigenvalue weighted by Gasteiger charge is 2.14. The summed E-state index contributed by atoms with van der Waals surface area (Å²) < 4.78 is 20.7. The van der Waals surface area contributed by atoms with E-state index in [-0.39, 0.29) is 0 Å². The van der Waals surface area contributed by atoms with Crippen LogP contribution in [0.3, 0.4) is 0 Å². The van der Waals surface area contributed by atoms with Crippen LogP contribution in [0.4, 0.5) is 4.39 Å². The Morgan fingerprint density at radius 3 is 2.27 bits per heavy atom. The minimum atomic E-state index is -0.484. The Labute approximate surface area is 149 Å². The van der Waals surface area contributed by atoms with Gasteiger partial charge in [0.2, 0.25) is 5.95 Å². The molecule has 2 nitrogen and oxygen atoms in total. The quantitative estimate of drug-likeness (QED) is 0.345. The van der Waals surface area contributed by atoms with Crippen molar-refractivity contribution in [3.05, 3.63) is 90.9 Å². The third-order valence-corrected chi connectivity index (χ3v) is 4.61. The van der Waals surface area contributed by atoms with Crippen molar-refractivity contribution < 1.29 is 8.81 Å². The molecule has 0 spiro atoms. The summed E-state index contributed by atoms with van der Waals surface area (Å²) in [6, 6.07) is 26.8. The molecule has 26 heavy (non-hydrogen) atoms. The summed E-state index contributed by atoms with van der Waals surface area (Å²) in [7, 11) is 0. The molecule has 0 aliphatic rings. The standard InChI is InChI=1S/C23H14FNO/c24-23-16(15-7-2-1-3-8-15)13-14-20(25-23)19-11-6-10-18-17-9-4-5-12-21(17)26-22(18)19/h1-14H. The van der Waals surface area contributed by atoms with Gasteiger partial charge < -0.3 is 4.42 Å². The van der Waals surface area contributed by atoms with E-state index < -0.39 is 5.95 Å². The molecular weight excluding hydrogens is 325 g/mol. The van der Waals surface area contributed by atoms with Crippen molar-refractivity contribution >= 4 is 21.9 Å². The summed E-state index contributed by atoms with van der Waals surface area (Å²) in [4.78, 5) is 4.21. The van der Waals surface area contributed by atoms with E-state index in [9.17, 15) is 4.39 Å². The number of halogens is 1. The molecule has 5 aromatic rings. The fraction of sp³-hybridized carbons (Fsp3) is 0. The molecule has 0 bridgehead atoms. The second-order valence-corrected chi connectivity index (χ2v) is 6.18. The van der Waals surface area contributed by atoms with Crippen molar-refractivity contribution in [1.29, 1.82) is 0 Å². The summed E-state index contributed by atoms with van der Waals surface area (Å²) in [5, 5.41) is 2.05. The third-order valence-electron chi connectivity index (χ3n) is 4.61. The molecular formula is C23H14FNO. The Kier molecular flexibility index (Phi) is 3.32. The molecule has 0 unspecified atom stereocenters. The van der Waals surface area contributed by atoms with Crippen LogP contribution >= 0.6 is 0 Å². The van der Waals surface area contributed by atoms with Crippen molar-refractivity contribution in [3.63, 3.8) is 0 Å². The number of rotatable bonds is 2. The number of para-hydroxylation sites is 2. The molecule has 2 heterocycles. The van der Waals surface area contributed by atoms with Crippen molar-refractivity contribution in [3.8, 4) is 22.4 Å². The zero-order chi connectivity index (χ0) is 17.5. The van der Waals surface area contributed by atoms with E-state index in [0.29, 0.717) is 11.3 Å². The maximum absolute atomic E-state index is 14.7. The van der Waals surface area contributed by atoms with Gasteiger partial charge in [0.05, 0.1) is 5.69 Å². The summed E-state index contributed by atoms with van der Waals surface area (Å²) in [5.41, 5.74) is 4.20. The molecule has 0 amide bonds. The van der Waals surface area contributed by atoms with E-state index in [1.165, 1.54) is 0 Å². The SMILES string of the molecule is Fc1nc(-c2cccc3c2oc2ccccc23)ccc1-c1ccccc1. The van der Waals surface area contributed by atoms with Crippen LogP contribution < -0.4 is 0 Å². The smallest absolute Gasteiger partial charge is 0.221 e. The van der Waals surface area contributed by atoms with Crippen LogP contribution in [0.1, 0.15) is 0 Å². The minimum Gasteiger partial charge on any atom is -0.455 e. The Morgan fingerprint density at radius 1 is 0.654 bits per heavy atom. The number of aromatic nitrogens is 1. The summed E-state index contributed by atoms with van der Waals surface area (Å²) in [6.07, 6.45) is 0. The van der Waals surface area contributed by atoms with E-state index in [0.717, 1.165) is 33.1 Å². The zero-order valence-corrected chi connectivity index (χ0v) is 13.8. The van der Waals surface area contributed by atoms with Gasteiger partial charge in [0.1, 0.15) is 11.2 Å². The Hall–Kier alpha value is -3.46. The van der Waals surface area contributed by atoms with Crippen LogP contribution in [0, 0.1) is 5.95 Å². The lowest BCUT2D eigenvalue weighted by molar-refractivity contribution is 0.589. The molecule has 124 valence electrons. The number of fused-ring (bicyclic) bond motifs is 3. The zero-order valence-electron chi connectivity index (χ0n) is 13.8. The molecule has 0 radical (unpaired) electrons. The maximum Gasteiger partial charge on any atom is 0.221 e. The summed E-state index contributed by atoms with van der Waals surface area (Å²) in [6.45, 7) is 0. The van der Waals surface area contributed by atoms with Crippen molar-refractivity contribution in [2.75, 3.05) is 0 Å². The highest BCUT2D eigenvalue weighted by Crippen LogP contribution is 2.35. The fourth-order valence-corrected chi connectivity index (χ4v) is 3.37. The van der Waals surface area contributed by atoms with E-state index in [1.54, 1.807) is 6.07 Å². The molecule has 2 aromatic heterocycles. The van der Waals surface area contributed by atoms with Gasteiger partial charge >= 0.3 is 0 Å². The predicted octanol–water partition coefficient (Wildman–Crippen LogP) is 6.45. The van der Waals surface area contributed by atoms with Gasteiger partial charge in [-0.3, -0.25) is 0 Å². The lowest BCUT2D eigenvalue weighted by Gasteiger charge is -2.06. The second-order valence-electron chi connectivity index (χ2n) is 6.18. The molecule has 0 aliphatic carbocycles. The lowest BCUT2D eigenvalue weighted by atomic mass is 10.0. The Morgan fingerprint density at radius 2 is 1.42 bits per heavy atom. The lowest BCUT2D eigenvalue weighted by Crippen LogP contribution is -1.92. The average Bonchev–Trinajstić information content (AvgIpc) is 3.07. The molecule has 0 saturated heterocycles. The molecule has 0 aliphatic heterocycles. The van der Waals surface area contributed by atoms with Gasteiger partial charge in [0, 0.05) is 21.9 Å². The van der Waals surface area contributed by atoms with Gasteiger partial charge in [0.25, 0.3) is 0 Å². The van der Waals surface area contributed by atoms with Gasteiger partial charge in [0.15, 0.2) is 0 Å². The highest BCUT2D eigenvalue weighted by molar-refractivity contribution is 6.09. The van der Waals surface area contributed by atoms with E-state index >= 15 is 0 Å². The van der Waals surface area contributed by atoms with Gasteiger partial charge in [-0.25, -0.2) is 4.98 Å². The van der Waals surface area contributed by atoms with E-state index in [4.69, 9.17) is 4.42 Å². The molecule has 0 atom stereocenters. The summed E-state index contributed by atoms with van der Waals surface area (Å²) in [5.74, 6) is -0.484. The number of benzene rings is 3. The predicted molar refractivity (Wildman–Crippen MR) is 102 cm³/mol. The number of hydrogen-bond acceptors (Lipinski definition) is 2. The number of hydrogen-bond donors (Lipinski definition) is 0. The van der Waals surface area contributed by atoms with Crippen LogP contribution in [0.25, 0.3) is 44.3 Å². The fourth-order valence-electron chi connectivity index (χ4n) is 3.37. The largest absolute Gasteiger partial charge is 0.455 e. The molecule has 3 aromatic carbocycles. The van der Waals surface area contributed by atoms with Gasteiger partial charge in [-0.15, -0.1) is 0 Å². The normalized spacial score (nSPS) is 11.3. The maximum atomic E-state index is 14.7. The topological polar surface area (TPSA) is 26.0 Å². The van der Waals surface area contributed by atoms with Gasteiger partial charge in [-0.1, -0.05) is 60.7 Å². The molecule has 5 rings (SSSR count). The number of furan rings is 1. The van der Waals surface area contributed by atoms with E-state index in [1.807, 2.05) is 78.9 Å². The first kappa shape index (κ1) is 14.8. The molecule has 0 fully saturated rings. The summed E-state index contributed by atoms with van der Waals surface area (Å²) >= 11 is 0. The Balaban J connectivity index is 1.70. The van der Waals surface area contributed by atoms with Crippen LogP contribution in [-0.4, -0.2) is 4.98 Å². The monoisotopic (exact) mass is 339 g/mol. The van der Waals surface area contributed by atoms with Crippen LogP contribution in [0.15, 0.2) is 89.3 Å². The molecule has 0 N–H and O–H groups in total. The van der Waals surface area contributed by atoms with Gasteiger partial charge in [-0.05, 0) is 29.8 Å². The van der Waals surface area contributed by atoms with Crippen LogP contribution in [0.5, 0.6) is 0 Å². The Bertz CT molecular complexity index is 1240.